The van der Waals surface area contributed by atoms with E-state index >= 15 is 0 Å². The van der Waals surface area contributed by atoms with E-state index in [2.05, 4.69) is 26.0 Å². The first-order valence-corrected chi connectivity index (χ1v) is 24.4. The van der Waals surface area contributed by atoms with Gasteiger partial charge in [-0.25, -0.2) is 9.59 Å². The van der Waals surface area contributed by atoms with Crippen LogP contribution in [0, 0.1) is 0 Å². The lowest BCUT2D eigenvalue weighted by Crippen LogP contribution is -2.37. The van der Waals surface area contributed by atoms with Crippen LogP contribution >= 0.6 is 7.82 Å². The van der Waals surface area contributed by atoms with E-state index in [9.17, 15) is 19.0 Å². The van der Waals surface area contributed by atoms with E-state index in [1.807, 2.05) is 57.6 Å². The highest BCUT2D eigenvalue weighted by molar-refractivity contribution is 7.45. The molecule has 9 nitrogen and oxygen atoms in total. The number of phosphoric ester groups is 1. The molecule has 0 spiro atoms. The minimum atomic E-state index is -4.68. The Hall–Kier alpha value is -2.81. The number of hydrogen-bond donors (Lipinski definition) is 0. The van der Waals surface area contributed by atoms with Crippen LogP contribution in [0.15, 0.2) is 85.1 Å². The standard InChI is InChI=1S/C49H84NO8P/c1-6-8-10-12-14-16-18-20-22-24-25-26-28-30-32-34-36-38-40-42-49(52)58-47(46-57-59(53,54)56-44-43-50(3,4)5)45-55-48(51)41-39-37-35-33-31-29-27-23-21-19-17-15-13-11-9-7-2/h22,24-26,28,30,32,34,36,38-42,47H,6-21,23,27,29,31,33,35,37,43-46H2,1-5H3/b24-22+,26-25-,30-28-,34-32-,38-36-,41-39?,42-40-. The van der Waals surface area contributed by atoms with E-state index in [-0.39, 0.29) is 13.2 Å². The van der Waals surface area contributed by atoms with Crippen LogP contribution in [0.25, 0.3) is 0 Å². The molecule has 2 atom stereocenters. The number of unbranched alkanes of at least 4 members (excludes halogenated alkanes) is 21. The predicted molar refractivity (Wildman–Crippen MR) is 245 cm³/mol. The molecule has 0 rings (SSSR count). The number of likely N-dealkylation sites (N-methyl/N-ethyl adjacent to an activating group) is 1. The van der Waals surface area contributed by atoms with E-state index in [1.54, 1.807) is 18.2 Å². The fourth-order valence-electron chi connectivity index (χ4n) is 5.86. The van der Waals surface area contributed by atoms with Gasteiger partial charge in [0.15, 0.2) is 6.10 Å². The summed E-state index contributed by atoms with van der Waals surface area (Å²) in [5, 5.41) is 0. The van der Waals surface area contributed by atoms with Gasteiger partial charge in [0.05, 0.1) is 27.7 Å². The Labute approximate surface area is 361 Å². The minimum absolute atomic E-state index is 0.0689. The molecule has 0 aromatic heterocycles. The van der Waals surface area contributed by atoms with E-state index in [1.165, 1.54) is 140 Å². The average Bonchev–Trinajstić information content (AvgIpc) is 3.19. The van der Waals surface area contributed by atoms with Gasteiger partial charge >= 0.3 is 11.9 Å². The fraction of sp³-hybridized carbons (Fsp3) is 0.673. The number of carbonyl (C=O) groups is 2. The molecular formula is C49H84NO8P. The zero-order valence-electron chi connectivity index (χ0n) is 37.9. The van der Waals surface area contributed by atoms with Gasteiger partial charge < -0.3 is 27.9 Å². The lowest BCUT2D eigenvalue weighted by Gasteiger charge is -2.28. The van der Waals surface area contributed by atoms with Crippen molar-refractivity contribution in [2.24, 2.45) is 0 Å². The number of phosphoric acid groups is 1. The van der Waals surface area contributed by atoms with Gasteiger partial charge in [0.2, 0.25) is 0 Å². The number of quaternary nitrogens is 1. The molecule has 0 aliphatic heterocycles. The summed E-state index contributed by atoms with van der Waals surface area (Å²) in [6, 6.07) is 0. The Bertz CT molecular complexity index is 1280. The fourth-order valence-corrected chi connectivity index (χ4v) is 6.59. The van der Waals surface area contributed by atoms with Crippen molar-refractivity contribution >= 4 is 19.8 Å². The van der Waals surface area contributed by atoms with Crippen molar-refractivity contribution in [2.75, 3.05) is 47.5 Å². The summed E-state index contributed by atoms with van der Waals surface area (Å²) in [5.74, 6) is -1.35. The molecule has 0 aliphatic rings. The van der Waals surface area contributed by atoms with Gasteiger partial charge in [-0.15, -0.1) is 0 Å². The first-order chi connectivity index (χ1) is 28.5. The second-order valence-corrected chi connectivity index (χ2v) is 17.7. The van der Waals surface area contributed by atoms with E-state index in [0.717, 1.165) is 25.7 Å². The summed E-state index contributed by atoms with van der Waals surface area (Å²) in [7, 11) is 1.04. The van der Waals surface area contributed by atoms with Crippen LogP contribution in [0.1, 0.15) is 162 Å². The summed E-state index contributed by atoms with van der Waals surface area (Å²) < 4.78 is 33.5. The van der Waals surface area contributed by atoms with Crippen molar-refractivity contribution in [1.29, 1.82) is 0 Å². The molecule has 0 bridgehead atoms. The van der Waals surface area contributed by atoms with Crippen LogP contribution < -0.4 is 4.89 Å². The van der Waals surface area contributed by atoms with Crippen molar-refractivity contribution < 1.29 is 42.1 Å². The molecule has 0 N–H and O–H groups in total. The maximum absolute atomic E-state index is 12.5. The van der Waals surface area contributed by atoms with E-state index in [4.69, 9.17) is 18.5 Å². The monoisotopic (exact) mass is 846 g/mol. The summed E-state index contributed by atoms with van der Waals surface area (Å²) in [4.78, 5) is 37.3. The molecule has 0 fully saturated rings. The Morgan fingerprint density at radius 1 is 0.525 bits per heavy atom. The van der Waals surface area contributed by atoms with E-state index < -0.39 is 32.5 Å². The third-order valence-electron chi connectivity index (χ3n) is 9.45. The number of allylic oxidation sites excluding steroid dienone is 12. The highest BCUT2D eigenvalue weighted by Crippen LogP contribution is 2.38. The molecular weight excluding hydrogens is 762 g/mol. The van der Waals surface area contributed by atoms with Gasteiger partial charge in [0.1, 0.15) is 19.8 Å². The van der Waals surface area contributed by atoms with Crippen LogP contribution in [0.2, 0.25) is 0 Å². The molecule has 59 heavy (non-hydrogen) atoms. The first kappa shape index (κ1) is 56.2. The largest absolute Gasteiger partial charge is 0.756 e. The van der Waals surface area contributed by atoms with Crippen molar-refractivity contribution in [3.63, 3.8) is 0 Å². The van der Waals surface area contributed by atoms with Crippen molar-refractivity contribution in [1.82, 2.24) is 0 Å². The number of ether oxygens (including phenoxy) is 2. The van der Waals surface area contributed by atoms with E-state index in [0.29, 0.717) is 11.0 Å². The molecule has 0 radical (unpaired) electrons. The zero-order chi connectivity index (χ0) is 43.6. The predicted octanol–water partition coefficient (Wildman–Crippen LogP) is 12.6. The highest BCUT2D eigenvalue weighted by atomic mass is 31.2. The quantitative estimate of drug-likeness (QED) is 0.0150. The van der Waals surface area contributed by atoms with Gasteiger partial charge in [-0.2, -0.15) is 0 Å². The number of esters is 2. The lowest BCUT2D eigenvalue weighted by atomic mass is 10.0. The number of rotatable bonds is 40. The normalized spacial score (nSPS) is 14.3. The Morgan fingerprint density at radius 2 is 0.949 bits per heavy atom. The molecule has 0 aromatic rings. The highest BCUT2D eigenvalue weighted by Gasteiger charge is 2.20. The molecule has 0 saturated carbocycles. The third kappa shape index (κ3) is 44.6. The van der Waals surface area contributed by atoms with Crippen LogP contribution in [-0.4, -0.2) is 70.0 Å². The molecule has 338 valence electrons. The maximum Gasteiger partial charge on any atom is 0.331 e. The molecule has 0 heterocycles. The van der Waals surface area contributed by atoms with Gasteiger partial charge in [-0.1, -0.05) is 209 Å². The van der Waals surface area contributed by atoms with Crippen molar-refractivity contribution in [3.05, 3.63) is 85.1 Å². The van der Waals surface area contributed by atoms with Gasteiger partial charge in [0, 0.05) is 12.2 Å². The van der Waals surface area contributed by atoms with Gasteiger partial charge in [0.25, 0.3) is 7.82 Å². The van der Waals surface area contributed by atoms with Gasteiger partial charge in [-0.3, -0.25) is 4.57 Å². The molecule has 0 amide bonds. The van der Waals surface area contributed by atoms with Gasteiger partial charge in [-0.05, 0) is 25.7 Å². The Kier molecular flexibility index (Phi) is 38.7. The van der Waals surface area contributed by atoms with Crippen molar-refractivity contribution in [2.45, 2.75) is 168 Å². The first-order valence-electron chi connectivity index (χ1n) is 22.9. The summed E-state index contributed by atoms with van der Waals surface area (Å²) in [6.45, 7) is 3.93. The van der Waals surface area contributed by atoms with Crippen molar-refractivity contribution in [3.8, 4) is 0 Å². The number of hydrogen-bond acceptors (Lipinski definition) is 8. The molecule has 10 heteroatoms. The molecule has 0 aromatic carbocycles. The molecule has 2 unspecified atom stereocenters. The number of carbonyl (C=O) groups excluding carboxylic acids is 2. The maximum atomic E-state index is 12.5. The lowest BCUT2D eigenvalue weighted by molar-refractivity contribution is -0.870. The topological polar surface area (TPSA) is 111 Å². The molecule has 0 aliphatic carbocycles. The summed E-state index contributed by atoms with van der Waals surface area (Å²) in [6.07, 6.45) is 53.0. The molecule has 0 saturated heterocycles. The van der Waals surface area contributed by atoms with Crippen LogP contribution in [0.4, 0.5) is 0 Å². The van der Waals surface area contributed by atoms with Crippen LogP contribution in [-0.2, 0) is 32.7 Å². The summed E-state index contributed by atoms with van der Waals surface area (Å²) in [5.41, 5.74) is 0. The number of nitrogens with zero attached hydrogens (tertiary/aromatic N) is 1. The second-order valence-electron chi connectivity index (χ2n) is 16.3. The van der Waals surface area contributed by atoms with Crippen LogP contribution in [0.5, 0.6) is 0 Å². The third-order valence-corrected chi connectivity index (χ3v) is 10.4. The Balaban J connectivity index is 4.64. The second kappa shape index (κ2) is 40.6. The summed E-state index contributed by atoms with van der Waals surface area (Å²) >= 11 is 0. The van der Waals surface area contributed by atoms with Crippen LogP contribution in [0.3, 0.4) is 0 Å². The average molecular weight is 846 g/mol. The zero-order valence-corrected chi connectivity index (χ0v) is 38.8. The Morgan fingerprint density at radius 3 is 1.42 bits per heavy atom. The SMILES string of the molecule is CCCCCCCCC/C=C/C=C\C=C/C=C\C=C/C=C\C(=O)OC(COC(=O)C=CCCCCCCCCCCCCCCCC)COP(=O)([O-])OCC[N+](C)(C)C. The smallest absolute Gasteiger partial charge is 0.331 e. The minimum Gasteiger partial charge on any atom is -0.756 e.